The molecule has 9 nitrogen and oxygen atoms in total. The van der Waals surface area contributed by atoms with Gasteiger partial charge in [0, 0.05) is 29.4 Å². The van der Waals surface area contributed by atoms with E-state index in [-0.39, 0.29) is 52.8 Å². The van der Waals surface area contributed by atoms with E-state index in [1.807, 2.05) is 30.1 Å². The Labute approximate surface area is 172 Å². The van der Waals surface area contributed by atoms with Gasteiger partial charge in [0.25, 0.3) is 0 Å². The number of aliphatic hydroxyl groups is 1. The van der Waals surface area contributed by atoms with Crippen LogP contribution in [-0.2, 0) is 14.3 Å². The van der Waals surface area contributed by atoms with Gasteiger partial charge in [-0.05, 0) is 26.1 Å². The Morgan fingerprint density at radius 2 is 2.00 bits per heavy atom. The van der Waals surface area contributed by atoms with Gasteiger partial charge in [-0.3, -0.25) is 14.5 Å². The van der Waals surface area contributed by atoms with Crippen LogP contribution >= 0.6 is 0 Å². The fraction of sp³-hybridized carbons (Fsp3) is 0.381. The zero-order valence-electron chi connectivity index (χ0n) is 16.6. The van der Waals surface area contributed by atoms with Crippen LogP contribution in [0.25, 0.3) is 0 Å². The molecule has 1 aromatic rings. The largest absolute Gasteiger partial charge is 0.449 e. The number of carbonyl (C=O) groups excluding carboxylic acids is 3. The molecule has 1 amide bonds. The number of piperazine rings is 1. The van der Waals surface area contributed by atoms with E-state index in [1.165, 1.54) is 0 Å². The number of fused-ring (bicyclic) bond motifs is 4. The van der Waals surface area contributed by atoms with Crippen LogP contribution in [-0.4, -0.2) is 70.6 Å². The lowest BCUT2D eigenvalue weighted by Gasteiger charge is -2.37. The molecule has 4 aliphatic rings. The number of anilines is 1. The highest BCUT2D eigenvalue weighted by Crippen LogP contribution is 2.57. The van der Waals surface area contributed by atoms with E-state index in [1.54, 1.807) is 24.0 Å². The number of hydrogen-bond acceptors (Lipinski definition) is 8. The average molecular weight is 410 g/mol. The molecule has 4 N–H and O–H groups in total. The number of primary amides is 1. The number of ketones is 2. The van der Waals surface area contributed by atoms with Gasteiger partial charge in [-0.2, -0.15) is 0 Å². The number of para-hydroxylation sites is 1. The Balaban J connectivity index is 1.57. The molecule has 5 rings (SSSR count). The quantitative estimate of drug-likeness (QED) is 0.475. The summed E-state index contributed by atoms with van der Waals surface area (Å²) in [4.78, 5) is 41.8. The summed E-state index contributed by atoms with van der Waals surface area (Å²) >= 11 is 0. The van der Waals surface area contributed by atoms with Gasteiger partial charge < -0.3 is 25.8 Å². The van der Waals surface area contributed by atoms with Gasteiger partial charge in [-0.25, -0.2) is 4.79 Å². The minimum atomic E-state index is -1.51. The van der Waals surface area contributed by atoms with Crippen molar-refractivity contribution in [3.05, 3.63) is 52.9 Å². The summed E-state index contributed by atoms with van der Waals surface area (Å²) in [5, 5.41) is 14.7. The fourth-order valence-electron chi connectivity index (χ4n) is 5.19. The predicted molar refractivity (Wildman–Crippen MR) is 106 cm³/mol. The van der Waals surface area contributed by atoms with Gasteiger partial charge in [0.1, 0.15) is 6.61 Å². The van der Waals surface area contributed by atoms with Crippen LogP contribution in [0.3, 0.4) is 0 Å². The first-order valence-corrected chi connectivity index (χ1v) is 9.77. The van der Waals surface area contributed by atoms with Crippen molar-refractivity contribution in [2.45, 2.75) is 24.7 Å². The fourth-order valence-corrected chi connectivity index (χ4v) is 5.19. The van der Waals surface area contributed by atoms with Crippen molar-refractivity contribution in [2.24, 2.45) is 11.7 Å². The van der Waals surface area contributed by atoms with E-state index in [0.717, 1.165) is 0 Å². The maximum Gasteiger partial charge on any atom is 0.404 e. The maximum atomic E-state index is 13.5. The molecule has 3 heterocycles. The molecular weight excluding hydrogens is 388 g/mol. The number of carbonyl (C=O) groups is 3. The van der Waals surface area contributed by atoms with Crippen LogP contribution in [0, 0.1) is 5.92 Å². The number of nitrogens with zero attached hydrogens (tertiary/aromatic N) is 2. The van der Waals surface area contributed by atoms with Gasteiger partial charge in [0.15, 0.2) is 5.72 Å². The Bertz CT molecular complexity index is 1050. The van der Waals surface area contributed by atoms with Crippen molar-refractivity contribution in [3.8, 4) is 0 Å². The Hall–Kier alpha value is -3.17. The summed E-state index contributed by atoms with van der Waals surface area (Å²) in [6.45, 7) is 1.75. The minimum absolute atomic E-state index is 0.0798. The molecular formula is C21H22N4O5. The predicted octanol–water partition coefficient (Wildman–Crippen LogP) is 0.190. The molecule has 0 aromatic heterocycles. The molecule has 5 unspecified atom stereocenters. The van der Waals surface area contributed by atoms with Crippen LogP contribution < -0.4 is 11.1 Å². The van der Waals surface area contributed by atoms with Gasteiger partial charge in [0.05, 0.1) is 23.4 Å². The third-order valence-corrected chi connectivity index (χ3v) is 6.70. The Morgan fingerprint density at radius 1 is 1.30 bits per heavy atom. The molecule has 30 heavy (non-hydrogen) atoms. The van der Waals surface area contributed by atoms with Crippen molar-refractivity contribution in [1.82, 2.24) is 9.80 Å². The number of nitrogens with two attached hydrogens (primary N) is 1. The summed E-state index contributed by atoms with van der Waals surface area (Å²) in [5.74, 6) is -1.57. The summed E-state index contributed by atoms with van der Waals surface area (Å²) in [6.07, 6.45) is -0.998. The molecule has 5 atom stereocenters. The molecule has 2 saturated heterocycles. The van der Waals surface area contributed by atoms with Crippen LogP contribution in [0.2, 0.25) is 0 Å². The first-order valence-electron chi connectivity index (χ1n) is 9.77. The molecule has 2 fully saturated rings. The van der Waals surface area contributed by atoms with Gasteiger partial charge >= 0.3 is 6.09 Å². The monoisotopic (exact) mass is 410 g/mol. The zero-order valence-corrected chi connectivity index (χ0v) is 16.6. The van der Waals surface area contributed by atoms with Crippen molar-refractivity contribution in [2.75, 3.05) is 25.5 Å². The van der Waals surface area contributed by atoms with Crippen LogP contribution in [0.5, 0.6) is 0 Å². The number of hydrogen-bond donors (Lipinski definition) is 3. The second kappa shape index (κ2) is 6.16. The molecule has 0 saturated carbocycles. The second-order valence-electron chi connectivity index (χ2n) is 8.17. The first kappa shape index (κ1) is 18.8. The van der Waals surface area contributed by atoms with E-state index in [0.29, 0.717) is 12.2 Å². The van der Waals surface area contributed by atoms with Crippen molar-refractivity contribution in [1.29, 1.82) is 0 Å². The number of allylic oxidation sites excluding steroid dienone is 2. The number of likely N-dealkylation sites (N-methyl/N-ethyl adjacent to an activating group) is 1. The van der Waals surface area contributed by atoms with E-state index in [4.69, 9.17) is 10.5 Å². The zero-order chi connectivity index (χ0) is 21.4. The average Bonchev–Trinajstić information content (AvgIpc) is 3.13. The molecule has 3 aliphatic heterocycles. The van der Waals surface area contributed by atoms with E-state index in [2.05, 4.69) is 5.32 Å². The van der Waals surface area contributed by atoms with Crippen LogP contribution in [0.15, 0.2) is 52.9 Å². The third kappa shape index (κ3) is 2.33. The Morgan fingerprint density at radius 3 is 2.67 bits per heavy atom. The SMILES string of the molecule is CC1=C(Nc2ccccc2)C(=O)C2=C(C1=O)N1CC3C(N3C)C1(O)C2COC(N)=O. The minimum Gasteiger partial charge on any atom is -0.449 e. The number of rotatable bonds is 4. The van der Waals surface area contributed by atoms with Gasteiger partial charge in [-0.1, -0.05) is 18.2 Å². The molecule has 9 heteroatoms. The third-order valence-electron chi connectivity index (χ3n) is 6.70. The molecule has 0 radical (unpaired) electrons. The lowest BCUT2D eigenvalue weighted by molar-refractivity contribution is -0.126. The maximum absolute atomic E-state index is 13.5. The molecule has 0 spiro atoms. The number of ether oxygens (including phenoxy) is 1. The lowest BCUT2D eigenvalue weighted by Crippen LogP contribution is -2.53. The summed E-state index contributed by atoms with van der Waals surface area (Å²) in [5.41, 5.74) is 5.14. The highest BCUT2D eigenvalue weighted by Gasteiger charge is 2.74. The smallest absolute Gasteiger partial charge is 0.404 e. The normalized spacial score (nSPS) is 34.0. The standard InChI is InChI=1S/C21H22N4O5/c1-10-15(23-11-6-4-3-5-7-11)18(27)14-12(9-30-20(22)28)21(29)19-13(24(19)2)8-25(21)16(14)17(10)26/h3-7,12-13,19,23,29H,8-9H2,1-2H3,(H2,22,28). The summed E-state index contributed by atoms with van der Waals surface area (Å²) < 4.78 is 5.01. The van der Waals surface area contributed by atoms with Gasteiger partial charge in [0.2, 0.25) is 11.6 Å². The topological polar surface area (TPSA) is 125 Å². The van der Waals surface area contributed by atoms with Crippen molar-refractivity contribution < 1.29 is 24.2 Å². The highest BCUT2D eigenvalue weighted by atomic mass is 16.5. The van der Waals surface area contributed by atoms with Crippen LogP contribution in [0.1, 0.15) is 6.92 Å². The number of amides is 1. The number of benzene rings is 1. The Kier molecular flexibility index (Phi) is 3.87. The molecule has 1 aromatic carbocycles. The lowest BCUT2D eigenvalue weighted by atomic mass is 9.82. The molecule has 1 aliphatic carbocycles. The van der Waals surface area contributed by atoms with E-state index >= 15 is 0 Å². The van der Waals surface area contributed by atoms with Crippen LogP contribution in [0.4, 0.5) is 10.5 Å². The second-order valence-corrected chi connectivity index (χ2v) is 8.17. The highest BCUT2D eigenvalue weighted by molar-refractivity contribution is 6.26. The summed E-state index contributed by atoms with van der Waals surface area (Å²) in [6, 6.07) is 8.89. The van der Waals surface area contributed by atoms with Crippen molar-refractivity contribution in [3.63, 3.8) is 0 Å². The van der Waals surface area contributed by atoms with E-state index < -0.39 is 17.7 Å². The number of nitrogens with one attached hydrogen (secondary N) is 1. The molecule has 0 bridgehead atoms. The van der Waals surface area contributed by atoms with Gasteiger partial charge in [-0.15, -0.1) is 0 Å². The first-order chi connectivity index (χ1) is 14.3. The number of Topliss-reactive ketones (excluding diaryl/α,β-unsaturated/α-hetero) is 2. The van der Waals surface area contributed by atoms with Crippen molar-refractivity contribution >= 4 is 23.3 Å². The van der Waals surface area contributed by atoms with E-state index in [9.17, 15) is 19.5 Å². The summed E-state index contributed by atoms with van der Waals surface area (Å²) in [7, 11) is 1.88. The molecule has 156 valence electrons.